The molecule has 1 aliphatic heterocycles. The van der Waals surface area contributed by atoms with Crippen molar-refractivity contribution < 1.29 is 13.2 Å². The van der Waals surface area contributed by atoms with Crippen molar-refractivity contribution in [2.75, 3.05) is 39.5 Å². The van der Waals surface area contributed by atoms with E-state index in [4.69, 9.17) is 9.72 Å². The van der Waals surface area contributed by atoms with Gasteiger partial charge in [-0.3, -0.25) is 0 Å². The van der Waals surface area contributed by atoms with E-state index in [1.807, 2.05) is 12.3 Å². The van der Waals surface area contributed by atoms with Crippen LogP contribution in [0.25, 0.3) is 5.65 Å². The topological polar surface area (TPSA) is 92.1 Å². The molecule has 1 aliphatic rings. The van der Waals surface area contributed by atoms with Crippen LogP contribution in [0.5, 0.6) is 5.88 Å². The summed E-state index contributed by atoms with van der Waals surface area (Å²) in [5.74, 6) is 1.52. The molecule has 0 saturated carbocycles. The smallest absolute Gasteiger partial charge is 0.242 e. The number of likely N-dealkylation sites (tertiary alicyclic amines) is 1. The first-order valence-electron chi connectivity index (χ1n) is 11.2. The first-order valence-corrected chi connectivity index (χ1v) is 12.6. The summed E-state index contributed by atoms with van der Waals surface area (Å²) in [4.78, 5) is 7.29. The summed E-state index contributed by atoms with van der Waals surface area (Å²) in [5, 5.41) is 7.90. The van der Waals surface area contributed by atoms with Gasteiger partial charge in [-0.2, -0.15) is 14.6 Å². The lowest BCUT2D eigenvalue weighted by atomic mass is 10.1. The summed E-state index contributed by atoms with van der Waals surface area (Å²) in [6, 6.07) is 8.52. The van der Waals surface area contributed by atoms with E-state index in [0.29, 0.717) is 11.7 Å². The number of ether oxygens (including phenoxy) is 1. The molecular formula is C23H32N6O3S. The molecule has 1 N–H and O–H groups in total. The van der Waals surface area contributed by atoms with E-state index < -0.39 is 10.0 Å². The SMILES string of the molecule is CC(C)c1cnn2c(Nc3ccc(S(=O)(=O)N(C)C)cc3)cc(OC3CCCN(C)C3)nc12. The molecule has 0 amide bonds. The molecule has 1 atom stereocenters. The van der Waals surface area contributed by atoms with Crippen LogP contribution in [0.4, 0.5) is 11.5 Å². The molecule has 4 rings (SSSR count). The third kappa shape index (κ3) is 4.97. The third-order valence-electron chi connectivity index (χ3n) is 5.87. The van der Waals surface area contributed by atoms with Crippen LogP contribution in [-0.4, -0.2) is 72.6 Å². The number of rotatable bonds is 7. The zero-order valence-electron chi connectivity index (χ0n) is 19.8. The Morgan fingerprint density at radius 3 is 2.58 bits per heavy atom. The summed E-state index contributed by atoms with van der Waals surface area (Å²) in [5.41, 5.74) is 2.53. The van der Waals surface area contributed by atoms with Gasteiger partial charge in [0.05, 0.1) is 11.1 Å². The Labute approximate surface area is 195 Å². The lowest BCUT2D eigenvalue weighted by Gasteiger charge is -2.29. The van der Waals surface area contributed by atoms with Crippen LogP contribution in [0.2, 0.25) is 0 Å². The number of nitrogens with zero attached hydrogens (tertiary/aromatic N) is 5. The first kappa shape index (κ1) is 23.5. The highest BCUT2D eigenvalue weighted by Gasteiger charge is 2.22. The molecule has 3 aromatic rings. The average molecular weight is 473 g/mol. The van der Waals surface area contributed by atoms with Crippen LogP contribution in [0, 0.1) is 0 Å². The highest BCUT2D eigenvalue weighted by molar-refractivity contribution is 7.89. The molecular weight excluding hydrogens is 440 g/mol. The number of fused-ring (bicyclic) bond motifs is 1. The Hall–Kier alpha value is -2.69. The van der Waals surface area contributed by atoms with Crippen molar-refractivity contribution in [2.24, 2.45) is 0 Å². The molecule has 0 spiro atoms. The number of hydrogen-bond donors (Lipinski definition) is 1. The van der Waals surface area contributed by atoms with Gasteiger partial charge in [-0.05, 0) is 56.6 Å². The van der Waals surface area contributed by atoms with Crippen LogP contribution in [0.15, 0.2) is 41.4 Å². The summed E-state index contributed by atoms with van der Waals surface area (Å²) < 4.78 is 34.0. The number of hydrogen-bond acceptors (Lipinski definition) is 7. The van der Waals surface area contributed by atoms with E-state index in [9.17, 15) is 8.42 Å². The fraction of sp³-hybridized carbons (Fsp3) is 0.478. The Morgan fingerprint density at radius 2 is 1.94 bits per heavy atom. The molecule has 3 heterocycles. The van der Waals surface area contributed by atoms with E-state index in [2.05, 4.69) is 36.2 Å². The van der Waals surface area contributed by atoms with Gasteiger partial charge in [-0.1, -0.05) is 13.8 Å². The summed E-state index contributed by atoms with van der Waals surface area (Å²) in [6.45, 7) is 6.17. The van der Waals surface area contributed by atoms with Crippen molar-refractivity contribution in [1.29, 1.82) is 0 Å². The number of benzene rings is 1. The maximum absolute atomic E-state index is 12.4. The standard InChI is InChI=1S/C23H32N6O3S/c1-16(2)20-14-24-29-21(25-17-8-10-19(11-9-17)33(30,31)27(3)4)13-22(26-23(20)29)32-18-7-6-12-28(5)15-18/h8-11,13-14,16,18,25H,6-7,12,15H2,1-5H3. The Morgan fingerprint density at radius 1 is 1.21 bits per heavy atom. The highest BCUT2D eigenvalue weighted by Crippen LogP contribution is 2.28. The fourth-order valence-electron chi connectivity index (χ4n) is 3.97. The predicted octanol–water partition coefficient (Wildman–Crippen LogP) is 3.32. The van der Waals surface area contributed by atoms with Crippen molar-refractivity contribution in [3.63, 3.8) is 0 Å². The molecule has 0 radical (unpaired) electrons. The van der Waals surface area contributed by atoms with Crippen LogP contribution in [-0.2, 0) is 10.0 Å². The van der Waals surface area contributed by atoms with Crippen LogP contribution in [0.3, 0.4) is 0 Å². The van der Waals surface area contributed by atoms with Crippen molar-refractivity contribution in [1.82, 2.24) is 23.8 Å². The van der Waals surface area contributed by atoms with Crippen LogP contribution >= 0.6 is 0 Å². The minimum Gasteiger partial charge on any atom is -0.473 e. The Bertz CT molecular complexity index is 1220. The van der Waals surface area contributed by atoms with Crippen molar-refractivity contribution >= 4 is 27.2 Å². The number of likely N-dealkylation sites (N-methyl/N-ethyl adjacent to an activating group) is 1. The fourth-order valence-corrected chi connectivity index (χ4v) is 4.87. The van der Waals surface area contributed by atoms with Gasteiger partial charge in [0, 0.05) is 38.0 Å². The van der Waals surface area contributed by atoms with Gasteiger partial charge in [0.1, 0.15) is 11.9 Å². The molecule has 1 aromatic carbocycles. The van der Waals surface area contributed by atoms with Gasteiger partial charge in [0.25, 0.3) is 0 Å². The predicted molar refractivity (Wildman–Crippen MR) is 129 cm³/mol. The second kappa shape index (κ2) is 9.28. The number of aromatic nitrogens is 3. The molecule has 1 fully saturated rings. The summed E-state index contributed by atoms with van der Waals surface area (Å²) in [6.07, 6.45) is 4.02. The van der Waals surface area contributed by atoms with E-state index in [0.717, 1.165) is 42.8 Å². The minimum atomic E-state index is -3.48. The third-order valence-corrected chi connectivity index (χ3v) is 7.70. The van der Waals surface area contributed by atoms with E-state index in [1.54, 1.807) is 28.8 Å². The van der Waals surface area contributed by atoms with Gasteiger partial charge in [0.15, 0.2) is 5.65 Å². The monoisotopic (exact) mass is 472 g/mol. The number of sulfonamides is 1. The van der Waals surface area contributed by atoms with Crippen molar-refractivity contribution in [3.8, 4) is 5.88 Å². The first-order chi connectivity index (χ1) is 15.6. The lowest BCUT2D eigenvalue weighted by molar-refractivity contribution is 0.100. The normalized spacial score (nSPS) is 17.7. The molecule has 2 aromatic heterocycles. The second-order valence-corrected chi connectivity index (χ2v) is 11.2. The molecule has 178 valence electrons. The van der Waals surface area contributed by atoms with Gasteiger partial charge >= 0.3 is 0 Å². The maximum atomic E-state index is 12.4. The summed E-state index contributed by atoms with van der Waals surface area (Å²) in [7, 11) is 1.66. The average Bonchev–Trinajstić information content (AvgIpc) is 3.18. The van der Waals surface area contributed by atoms with Crippen molar-refractivity contribution in [3.05, 3.63) is 42.1 Å². The molecule has 1 saturated heterocycles. The van der Waals surface area contributed by atoms with Gasteiger partial charge < -0.3 is 15.0 Å². The number of anilines is 2. The number of piperidine rings is 1. The van der Waals surface area contributed by atoms with Crippen LogP contribution in [0.1, 0.15) is 38.2 Å². The molecule has 33 heavy (non-hydrogen) atoms. The highest BCUT2D eigenvalue weighted by atomic mass is 32.2. The molecule has 10 heteroatoms. The Balaban J connectivity index is 1.67. The molecule has 0 bridgehead atoms. The van der Waals surface area contributed by atoms with Crippen LogP contribution < -0.4 is 10.1 Å². The maximum Gasteiger partial charge on any atom is 0.242 e. The van der Waals surface area contributed by atoms with E-state index in [-0.39, 0.29) is 16.9 Å². The zero-order chi connectivity index (χ0) is 23.8. The van der Waals surface area contributed by atoms with E-state index in [1.165, 1.54) is 18.4 Å². The molecule has 1 unspecified atom stereocenters. The van der Waals surface area contributed by atoms with Gasteiger partial charge in [-0.15, -0.1) is 0 Å². The quantitative estimate of drug-likeness (QED) is 0.564. The lowest BCUT2D eigenvalue weighted by Crippen LogP contribution is -2.38. The zero-order valence-corrected chi connectivity index (χ0v) is 20.6. The molecule has 9 nitrogen and oxygen atoms in total. The largest absolute Gasteiger partial charge is 0.473 e. The van der Waals surface area contributed by atoms with Gasteiger partial charge in [0.2, 0.25) is 15.9 Å². The Kier molecular flexibility index (Phi) is 6.60. The minimum absolute atomic E-state index is 0.0903. The second-order valence-electron chi connectivity index (χ2n) is 9.05. The van der Waals surface area contributed by atoms with Gasteiger partial charge in [-0.25, -0.2) is 12.7 Å². The van der Waals surface area contributed by atoms with E-state index >= 15 is 0 Å². The molecule has 0 aliphatic carbocycles. The number of nitrogens with one attached hydrogen (secondary N) is 1. The summed E-state index contributed by atoms with van der Waals surface area (Å²) >= 11 is 0. The van der Waals surface area contributed by atoms with Crippen molar-refractivity contribution in [2.45, 2.75) is 43.6 Å².